The molecule has 6 heteroatoms. The van der Waals surface area contributed by atoms with Crippen LogP contribution in [0.3, 0.4) is 0 Å². The second kappa shape index (κ2) is 7.83. The topological polar surface area (TPSA) is 58.3 Å². The van der Waals surface area contributed by atoms with Gasteiger partial charge in [0.2, 0.25) is 0 Å². The third kappa shape index (κ3) is 4.32. The van der Waals surface area contributed by atoms with Crippen LogP contribution in [0.15, 0.2) is 27.8 Å². The summed E-state index contributed by atoms with van der Waals surface area (Å²) in [5.41, 5.74) is 0. The Bertz CT molecular complexity index is 463. The molecule has 0 N–H and O–H groups in total. The van der Waals surface area contributed by atoms with Crippen molar-refractivity contribution in [1.82, 2.24) is 9.80 Å². The minimum atomic E-state index is -0.399. The van der Waals surface area contributed by atoms with Crippen LogP contribution in [0.2, 0.25) is 0 Å². The van der Waals surface area contributed by atoms with E-state index in [2.05, 4.69) is 16.8 Å². The van der Waals surface area contributed by atoms with E-state index in [1.165, 1.54) is 6.26 Å². The van der Waals surface area contributed by atoms with Crippen LogP contribution >= 0.6 is 0 Å². The van der Waals surface area contributed by atoms with Crippen molar-refractivity contribution < 1.29 is 13.9 Å². The predicted octanol–water partition coefficient (Wildman–Crippen LogP) is 1.84. The summed E-state index contributed by atoms with van der Waals surface area (Å²) in [7, 11) is 0. The lowest BCUT2D eigenvalue weighted by Crippen LogP contribution is -2.49. The Labute approximate surface area is 125 Å². The number of likely N-dealkylation sites (N-methyl/N-ethyl adjacent to an activating group) is 1. The first kappa shape index (κ1) is 15.6. The Morgan fingerprint density at radius 3 is 2.67 bits per heavy atom. The Morgan fingerprint density at radius 1 is 1.33 bits per heavy atom. The molecule has 1 aromatic rings. The summed E-state index contributed by atoms with van der Waals surface area (Å²) in [6.45, 7) is 9.34. The lowest BCUT2D eigenvalue weighted by Gasteiger charge is -2.35. The highest BCUT2D eigenvalue weighted by atomic mass is 16.5. The Kier molecular flexibility index (Phi) is 5.80. The van der Waals surface area contributed by atoms with Crippen LogP contribution in [0.25, 0.3) is 0 Å². The molecule has 0 atom stereocenters. The molecule has 1 saturated heterocycles. The van der Waals surface area contributed by atoms with Crippen LogP contribution in [0.5, 0.6) is 0 Å². The number of carbonyl (C=O) groups is 1. The highest BCUT2D eigenvalue weighted by Crippen LogP contribution is 2.07. The number of rotatable bonds is 4. The van der Waals surface area contributed by atoms with E-state index in [-0.39, 0.29) is 5.76 Å². The van der Waals surface area contributed by atoms with E-state index in [0.717, 1.165) is 39.1 Å². The van der Waals surface area contributed by atoms with Gasteiger partial charge in [0.05, 0.1) is 12.9 Å². The fraction of sp³-hybridized carbons (Fsp3) is 0.600. The van der Waals surface area contributed by atoms with E-state index in [4.69, 9.17) is 9.15 Å². The number of ether oxygens (including phenoxy) is 1. The molecule has 0 bridgehead atoms. The van der Waals surface area contributed by atoms with Gasteiger partial charge in [-0.15, -0.1) is 0 Å². The quantitative estimate of drug-likeness (QED) is 0.626. The number of aliphatic imine (C=N–C) groups is 1. The number of furan rings is 1. The van der Waals surface area contributed by atoms with Crippen molar-refractivity contribution in [3.8, 4) is 0 Å². The molecule has 1 amide bonds. The van der Waals surface area contributed by atoms with E-state index in [0.29, 0.717) is 12.6 Å². The molecular formula is C15H23N3O3. The number of carbonyl (C=O) groups excluding carboxylic acids is 1. The average molecular weight is 293 g/mol. The minimum Gasteiger partial charge on any atom is -0.465 e. The van der Waals surface area contributed by atoms with Crippen molar-refractivity contribution in [2.24, 2.45) is 4.99 Å². The normalized spacial score (nSPS) is 17.0. The second-order valence-electron chi connectivity index (χ2n) is 4.95. The fourth-order valence-electron chi connectivity index (χ4n) is 2.19. The first-order valence-electron chi connectivity index (χ1n) is 7.51. The maximum absolute atomic E-state index is 12.0. The zero-order valence-electron chi connectivity index (χ0n) is 12.7. The molecule has 0 saturated carbocycles. The van der Waals surface area contributed by atoms with E-state index >= 15 is 0 Å². The molecule has 1 fully saturated rings. The van der Waals surface area contributed by atoms with Gasteiger partial charge in [-0.3, -0.25) is 4.79 Å². The van der Waals surface area contributed by atoms with Crippen molar-refractivity contribution in [2.75, 3.05) is 39.3 Å². The summed E-state index contributed by atoms with van der Waals surface area (Å²) in [6.07, 6.45) is 2.35. The van der Waals surface area contributed by atoms with Crippen LogP contribution in [-0.2, 0) is 4.74 Å². The molecule has 1 aliphatic heterocycles. The zero-order chi connectivity index (χ0) is 15.1. The molecule has 21 heavy (non-hydrogen) atoms. The van der Waals surface area contributed by atoms with E-state index in [1.807, 2.05) is 11.8 Å². The molecule has 2 rings (SSSR count). The van der Waals surface area contributed by atoms with Gasteiger partial charge < -0.3 is 19.0 Å². The van der Waals surface area contributed by atoms with E-state index in [1.54, 1.807) is 12.1 Å². The van der Waals surface area contributed by atoms with Gasteiger partial charge in [-0.25, -0.2) is 0 Å². The molecule has 0 radical (unpaired) electrons. The highest BCUT2D eigenvalue weighted by molar-refractivity contribution is 5.99. The Hall–Kier alpha value is -1.82. The van der Waals surface area contributed by atoms with Crippen LogP contribution in [0, 0.1) is 0 Å². The van der Waals surface area contributed by atoms with Crippen molar-refractivity contribution in [2.45, 2.75) is 20.3 Å². The van der Waals surface area contributed by atoms with Gasteiger partial charge in [-0.05, 0) is 25.1 Å². The zero-order valence-corrected chi connectivity index (χ0v) is 12.7. The first-order valence-corrected chi connectivity index (χ1v) is 7.51. The maximum Gasteiger partial charge on any atom is 0.317 e. The largest absolute Gasteiger partial charge is 0.465 e. The standard InChI is InChI=1S/C15H23N3O3/c1-3-11-21-15(16-14(19)13-6-5-12-20-13)18-9-7-17(4-2)8-10-18/h5-6,12H,3-4,7-11H2,1-2H3. The smallest absolute Gasteiger partial charge is 0.317 e. The van der Waals surface area contributed by atoms with Crippen LogP contribution in [-0.4, -0.2) is 61.1 Å². The van der Waals surface area contributed by atoms with Gasteiger partial charge in [0.1, 0.15) is 0 Å². The highest BCUT2D eigenvalue weighted by Gasteiger charge is 2.21. The number of piperazine rings is 1. The van der Waals surface area contributed by atoms with Gasteiger partial charge in [-0.1, -0.05) is 13.8 Å². The number of amidine groups is 1. The number of hydrogen-bond donors (Lipinski definition) is 0. The molecule has 0 unspecified atom stereocenters. The van der Waals surface area contributed by atoms with E-state index in [9.17, 15) is 4.79 Å². The Balaban J connectivity index is 2.05. The molecule has 0 spiro atoms. The molecule has 2 heterocycles. The number of amides is 1. The second-order valence-corrected chi connectivity index (χ2v) is 4.95. The summed E-state index contributed by atoms with van der Waals surface area (Å²) in [5, 5.41) is 0. The lowest BCUT2D eigenvalue weighted by atomic mass is 10.3. The molecule has 1 aromatic heterocycles. The molecule has 116 valence electrons. The average Bonchev–Trinajstić information content (AvgIpc) is 3.06. The maximum atomic E-state index is 12.0. The van der Waals surface area contributed by atoms with Crippen LogP contribution in [0.1, 0.15) is 30.8 Å². The molecule has 6 nitrogen and oxygen atoms in total. The predicted molar refractivity (Wildman–Crippen MR) is 80.4 cm³/mol. The van der Waals surface area contributed by atoms with Gasteiger partial charge in [0.25, 0.3) is 6.02 Å². The van der Waals surface area contributed by atoms with Gasteiger partial charge in [0.15, 0.2) is 5.76 Å². The summed E-state index contributed by atoms with van der Waals surface area (Å²) >= 11 is 0. The lowest BCUT2D eigenvalue weighted by molar-refractivity contribution is 0.0961. The van der Waals surface area contributed by atoms with Crippen molar-refractivity contribution in [1.29, 1.82) is 0 Å². The third-order valence-electron chi connectivity index (χ3n) is 3.45. The molecule has 1 aliphatic rings. The van der Waals surface area contributed by atoms with Crippen molar-refractivity contribution >= 4 is 11.9 Å². The minimum absolute atomic E-state index is 0.236. The number of hydrogen-bond acceptors (Lipinski definition) is 4. The fourth-order valence-corrected chi connectivity index (χ4v) is 2.19. The van der Waals surface area contributed by atoms with Crippen LogP contribution < -0.4 is 0 Å². The summed E-state index contributed by atoms with van der Waals surface area (Å²) in [5.74, 6) is -0.163. The molecule has 0 aromatic carbocycles. The first-order chi connectivity index (χ1) is 10.2. The Morgan fingerprint density at radius 2 is 2.10 bits per heavy atom. The van der Waals surface area contributed by atoms with Gasteiger partial charge >= 0.3 is 5.91 Å². The summed E-state index contributed by atoms with van der Waals surface area (Å²) in [4.78, 5) is 20.5. The monoisotopic (exact) mass is 293 g/mol. The third-order valence-corrected chi connectivity index (χ3v) is 3.45. The SMILES string of the molecule is CCCOC(=NC(=O)c1ccco1)N1CCN(CC)CC1. The van der Waals surface area contributed by atoms with Crippen molar-refractivity contribution in [3.63, 3.8) is 0 Å². The summed E-state index contributed by atoms with van der Waals surface area (Å²) < 4.78 is 10.7. The molecular weight excluding hydrogens is 270 g/mol. The van der Waals surface area contributed by atoms with Crippen LogP contribution in [0.4, 0.5) is 0 Å². The number of nitrogens with zero attached hydrogens (tertiary/aromatic N) is 3. The van der Waals surface area contributed by atoms with Crippen molar-refractivity contribution in [3.05, 3.63) is 24.2 Å². The van der Waals surface area contributed by atoms with Gasteiger partial charge in [-0.2, -0.15) is 4.99 Å². The molecule has 0 aliphatic carbocycles. The summed E-state index contributed by atoms with van der Waals surface area (Å²) in [6, 6.07) is 3.70. The van der Waals surface area contributed by atoms with E-state index < -0.39 is 5.91 Å². The van der Waals surface area contributed by atoms with Gasteiger partial charge in [0, 0.05) is 26.2 Å².